The van der Waals surface area contributed by atoms with E-state index in [9.17, 15) is 21.6 Å². The van der Waals surface area contributed by atoms with E-state index in [4.69, 9.17) is 9.47 Å². The van der Waals surface area contributed by atoms with Crippen molar-refractivity contribution in [1.29, 1.82) is 0 Å². The van der Waals surface area contributed by atoms with E-state index < -0.39 is 35.9 Å². The maximum absolute atomic E-state index is 12.3. The second-order valence-corrected chi connectivity index (χ2v) is 9.75. The summed E-state index contributed by atoms with van der Waals surface area (Å²) >= 11 is 0. The molecule has 0 radical (unpaired) electrons. The van der Waals surface area contributed by atoms with Gasteiger partial charge < -0.3 is 9.47 Å². The lowest BCUT2D eigenvalue weighted by atomic mass is 10.1. The van der Waals surface area contributed by atoms with E-state index in [0.717, 1.165) is 24.5 Å². The summed E-state index contributed by atoms with van der Waals surface area (Å²) in [7, 11) is -5.92. The van der Waals surface area contributed by atoms with Crippen LogP contribution in [0.15, 0.2) is 24.3 Å². The Kier molecular flexibility index (Phi) is 4.20. The third kappa shape index (κ3) is 2.32. The van der Waals surface area contributed by atoms with Crippen molar-refractivity contribution in [3.8, 4) is 5.75 Å². The van der Waals surface area contributed by atoms with Crippen LogP contribution in [0.5, 0.6) is 5.75 Å². The number of rotatable bonds is 5. The van der Waals surface area contributed by atoms with E-state index in [1.807, 2.05) is 0 Å². The Bertz CT molecular complexity index is 796. The molecule has 1 fully saturated rings. The van der Waals surface area contributed by atoms with Crippen molar-refractivity contribution < 1.29 is 31.1 Å². The molecule has 0 aliphatic carbocycles. The monoisotopic (exact) mass is 363 g/mol. The number of hydrogen-bond acceptors (Lipinski definition) is 7. The van der Waals surface area contributed by atoms with E-state index >= 15 is 0 Å². The number of β-lactam (4-membered cyclic amide) rings is 1. The highest BCUT2D eigenvalue weighted by atomic mass is 32.3. The third-order valence-corrected chi connectivity index (χ3v) is 8.45. The Hall–Kier alpha value is -1.65. The minimum absolute atomic E-state index is 0.125. The van der Waals surface area contributed by atoms with Gasteiger partial charge in [-0.1, -0.05) is 0 Å². The molecule has 1 atom stereocenters. The second kappa shape index (κ2) is 5.46. The molecule has 8 nitrogen and oxygen atoms in total. The number of anilines is 1. The van der Waals surface area contributed by atoms with Crippen LogP contribution in [-0.4, -0.2) is 59.8 Å². The zero-order chi connectivity index (χ0) is 17.6. The predicted octanol–water partition coefficient (Wildman–Crippen LogP) is -0.200. The Morgan fingerprint density at radius 2 is 1.48 bits per heavy atom. The molecule has 10 heteroatoms. The maximum Gasteiger partial charge on any atom is 0.285 e. The number of amides is 1. The van der Waals surface area contributed by atoms with E-state index in [-0.39, 0.29) is 5.69 Å². The first-order valence-electron chi connectivity index (χ1n) is 6.42. The fourth-order valence-corrected chi connectivity index (χ4v) is 7.19. The van der Waals surface area contributed by atoms with Crippen molar-refractivity contribution in [2.45, 2.75) is 10.3 Å². The fourth-order valence-electron chi connectivity index (χ4n) is 2.76. The summed E-state index contributed by atoms with van der Waals surface area (Å²) in [4.78, 5) is 13.0. The lowest BCUT2D eigenvalue weighted by molar-refractivity contribution is -0.138. The topological polar surface area (TPSA) is 107 Å². The van der Waals surface area contributed by atoms with Crippen LogP contribution in [0.2, 0.25) is 0 Å². The molecule has 0 spiro atoms. The van der Waals surface area contributed by atoms with Crippen molar-refractivity contribution >= 4 is 31.3 Å². The van der Waals surface area contributed by atoms with Crippen LogP contribution in [0.25, 0.3) is 0 Å². The summed E-state index contributed by atoms with van der Waals surface area (Å²) < 4.78 is 56.7. The Morgan fingerprint density at radius 3 is 1.83 bits per heavy atom. The zero-order valence-electron chi connectivity index (χ0n) is 13.0. The van der Waals surface area contributed by atoms with E-state index in [2.05, 4.69) is 0 Å². The van der Waals surface area contributed by atoms with Crippen LogP contribution < -0.4 is 9.64 Å². The smallest absolute Gasteiger partial charge is 0.285 e. The Morgan fingerprint density at radius 1 is 1.00 bits per heavy atom. The summed E-state index contributed by atoms with van der Waals surface area (Å²) in [6.45, 7) is 0. The SMILES string of the molecule is COc1ccc(N2C(=O)C(OC)C2(S(C)(=O)=O)S(C)(=O)=O)cc1. The molecule has 128 valence electrons. The number of hydrogen-bond donors (Lipinski definition) is 0. The van der Waals surface area contributed by atoms with Gasteiger partial charge in [-0.05, 0) is 24.3 Å². The molecule has 1 aromatic rings. The Balaban J connectivity index is 2.72. The number of methoxy groups -OCH3 is 2. The van der Waals surface area contributed by atoms with E-state index in [0.29, 0.717) is 5.75 Å². The van der Waals surface area contributed by atoms with Crippen molar-refractivity contribution in [2.24, 2.45) is 0 Å². The molecule has 1 aliphatic rings. The molecular formula is C13H17NO7S2. The molecule has 1 aliphatic heterocycles. The number of nitrogens with zero attached hydrogens (tertiary/aromatic N) is 1. The minimum atomic E-state index is -4.23. The molecule has 1 heterocycles. The van der Waals surface area contributed by atoms with Crippen LogP contribution in [0.4, 0.5) is 5.69 Å². The highest BCUT2D eigenvalue weighted by Crippen LogP contribution is 2.46. The molecule has 0 aromatic heterocycles. The van der Waals surface area contributed by atoms with Gasteiger partial charge >= 0.3 is 0 Å². The number of ether oxygens (including phenoxy) is 2. The lowest BCUT2D eigenvalue weighted by Crippen LogP contribution is -2.81. The number of sulfone groups is 2. The molecule has 0 N–H and O–H groups in total. The average molecular weight is 363 g/mol. The lowest BCUT2D eigenvalue weighted by Gasteiger charge is -2.52. The largest absolute Gasteiger partial charge is 0.497 e. The van der Waals surface area contributed by atoms with Gasteiger partial charge in [0.05, 0.1) is 7.11 Å². The first-order valence-corrected chi connectivity index (χ1v) is 10.2. The van der Waals surface area contributed by atoms with Crippen LogP contribution in [-0.2, 0) is 29.2 Å². The van der Waals surface area contributed by atoms with Crippen molar-refractivity contribution in [2.75, 3.05) is 31.6 Å². The van der Waals surface area contributed by atoms with Crippen LogP contribution in [0, 0.1) is 0 Å². The van der Waals surface area contributed by atoms with Crippen molar-refractivity contribution in [3.63, 3.8) is 0 Å². The summed E-state index contributed by atoms with van der Waals surface area (Å²) in [6.07, 6.45) is -0.0823. The first-order chi connectivity index (χ1) is 10.5. The van der Waals surface area contributed by atoms with Crippen molar-refractivity contribution in [3.05, 3.63) is 24.3 Å². The van der Waals surface area contributed by atoms with Crippen LogP contribution >= 0.6 is 0 Å². The second-order valence-electron chi connectivity index (χ2n) is 5.16. The maximum atomic E-state index is 12.3. The van der Waals surface area contributed by atoms with Gasteiger partial charge in [-0.2, -0.15) is 0 Å². The normalized spacial score (nSPS) is 21.0. The molecule has 23 heavy (non-hydrogen) atoms. The molecule has 1 saturated heterocycles. The van der Waals surface area contributed by atoms with E-state index in [1.165, 1.54) is 31.4 Å². The summed E-state index contributed by atoms with van der Waals surface area (Å²) in [6, 6.07) is 5.82. The van der Waals surface area contributed by atoms with Gasteiger partial charge in [-0.15, -0.1) is 0 Å². The summed E-state index contributed by atoms with van der Waals surface area (Å²) in [5.41, 5.74) is 0.125. The Labute approximate surface area is 134 Å². The minimum Gasteiger partial charge on any atom is -0.497 e. The first kappa shape index (κ1) is 17.7. The summed E-state index contributed by atoms with van der Waals surface area (Å²) in [5.74, 6) is -0.261. The molecule has 1 unspecified atom stereocenters. The average Bonchev–Trinajstić information content (AvgIpc) is 2.42. The van der Waals surface area contributed by atoms with Gasteiger partial charge in [0.15, 0.2) is 25.8 Å². The molecule has 2 rings (SSSR count). The third-order valence-electron chi connectivity index (χ3n) is 3.72. The van der Waals surface area contributed by atoms with Gasteiger partial charge in [0.25, 0.3) is 10.1 Å². The predicted molar refractivity (Wildman–Crippen MR) is 83.7 cm³/mol. The number of carbonyl (C=O) groups excluding carboxylic acids is 1. The highest BCUT2D eigenvalue weighted by Gasteiger charge is 2.74. The molecule has 1 aromatic carbocycles. The van der Waals surface area contributed by atoms with Gasteiger partial charge in [0.2, 0.25) is 0 Å². The number of carbonyl (C=O) groups is 1. The van der Waals surface area contributed by atoms with Crippen molar-refractivity contribution in [1.82, 2.24) is 0 Å². The summed E-state index contributed by atoms with van der Waals surface area (Å²) in [5, 5.41) is 0. The molecule has 0 bridgehead atoms. The zero-order valence-corrected chi connectivity index (χ0v) is 14.6. The number of benzene rings is 1. The molecular weight excluding hydrogens is 346 g/mol. The van der Waals surface area contributed by atoms with E-state index in [1.54, 1.807) is 0 Å². The quantitative estimate of drug-likeness (QED) is 0.667. The molecule has 0 saturated carbocycles. The highest BCUT2D eigenvalue weighted by molar-refractivity contribution is 8.10. The van der Waals surface area contributed by atoms with Crippen LogP contribution in [0.1, 0.15) is 0 Å². The fraction of sp³-hybridized carbons (Fsp3) is 0.462. The van der Waals surface area contributed by atoms with Gasteiger partial charge in [0, 0.05) is 25.3 Å². The van der Waals surface area contributed by atoms with Gasteiger partial charge in [-0.25, -0.2) is 16.8 Å². The van der Waals surface area contributed by atoms with Gasteiger partial charge in [-0.3, -0.25) is 9.69 Å². The van der Waals surface area contributed by atoms with Crippen LogP contribution in [0.3, 0.4) is 0 Å². The molecule has 1 amide bonds. The standard InChI is InChI=1S/C13H17NO7S2/c1-20-10-7-5-9(6-8-10)14-12(15)11(21-2)13(14,22(3,16)17)23(4,18)19/h5-8,11H,1-4H3. The van der Waals surface area contributed by atoms with Gasteiger partial charge in [0.1, 0.15) is 5.75 Å².